The predicted molar refractivity (Wildman–Crippen MR) is 222 cm³/mol. The van der Waals surface area contributed by atoms with E-state index in [2.05, 4.69) is 36.4 Å². The first kappa shape index (κ1) is 43.6. The fourth-order valence-corrected chi connectivity index (χ4v) is 8.41. The molecule has 0 radical (unpaired) electrons. The number of fused-ring (bicyclic) bond motifs is 4. The average molecular weight is 796 g/mol. The highest BCUT2D eigenvalue weighted by atomic mass is 16.6. The van der Waals surface area contributed by atoms with Crippen molar-refractivity contribution in [3.05, 3.63) is 30.0 Å². The number of carbonyl (C=O) groups excluding carboxylic acids is 1. The second-order valence-electron chi connectivity index (χ2n) is 15.8. The van der Waals surface area contributed by atoms with Crippen molar-refractivity contribution in [1.82, 2.24) is 30.3 Å². The Morgan fingerprint density at radius 1 is 0.684 bits per heavy atom. The van der Waals surface area contributed by atoms with Crippen LogP contribution in [0, 0.1) is 11.8 Å². The summed E-state index contributed by atoms with van der Waals surface area (Å²) in [4.78, 5) is 21.9. The standard InChI is InChI=1S/C43H69N7O7/c44-43-42-40(36-12-8-9-13-37(36)45-43)38(47-48-42)14-16-49-17-19-50(20-18-49)21-23-53-25-27-55-29-31-57-33-32-56-30-28-54-26-24-52-22-15-39(51)46-41-34-10-6-4-2-1-3-5-7-11-35(34)41/h8-9,12-13,34-35,41H,1-7,10-11,14-33H2,(H2,44,45)(H,46,51)(H,47,48). The highest BCUT2D eigenvalue weighted by Gasteiger charge is 2.49. The van der Waals surface area contributed by atoms with Crippen molar-refractivity contribution in [3.63, 3.8) is 0 Å². The van der Waals surface area contributed by atoms with E-state index in [-0.39, 0.29) is 5.91 Å². The summed E-state index contributed by atoms with van der Waals surface area (Å²) in [6.45, 7) is 12.4. The largest absolute Gasteiger partial charge is 0.382 e. The van der Waals surface area contributed by atoms with Gasteiger partial charge in [0.15, 0.2) is 5.82 Å². The van der Waals surface area contributed by atoms with Gasteiger partial charge < -0.3 is 44.4 Å². The lowest BCUT2D eigenvalue weighted by molar-refractivity contribution is -0.122. The number of benzene rings is 1. The fraction of sp³-hybridized carbons (Fsp3) is 0.744. The number of aromatic amines is 1. The Labute approximate surface area is 339 Å². The lowest BCUT2D eigenvalue weighted by Gasteiger charge is -2.34. The van der Waals surface area contributed by atoms with Crippen LogP contribution in [0.4, 0.5) is 5.82 Å². The number of hydrogen-bond donors (Lipinski definition) is 3. The van der Waals surface area contributed by atoms with E-state index < -0.39 is 0 Å². The maximum atomic E-state index is 12.4. The van der Waals surface area contributed by atoms with Crippen molar-refractivity contribution >= 4 is 33.5 Å². The van der Waals surface area contributed by atoms with Gasteiger partial charge in [0.2, 0.25) is 5.91 Å². The van der Waals surface area contributed by atoms with Crippen LogP contribution >= 0.6 is 0 Å². The molecule has 1 aromatic carbocycles. The molecule has 1 aliphatic heterocycles. The molecule has 14 nitrogen and oxygen atoms in total. The summed E-state index contributed by atoms with van der Waals surface area (Å²) in [5, 5.41) is 13.2. The molecule has 2 aliphatic carbocycles. The lowest BCUT2D eigenvalue weighted by Crippen LogP contribution is -2.47. The minimum absolute atomic E-state index is 0.122. The number of nitrogen functional groups attached to an aromatic ring is 1. The quantitative estimate of drug-likeness (QED) is 0.103. The van der Waals surface area contributed by atoms with Crippen molar-refractivity contribution in [1.29, 1.82) is 0 Å². The van der Waals surface area contributed by atoms with Crippen molar-refractivity contribution in [2.45, 2.75) is 76.7 Å². The molecule has 1 saturated heterocycles. The molecule has 2 atom stereocenters. The van der Waals surface area contributed by atoms with E-state index in [4.69, 9.17) is 34.2 Å². The van der Waals surface area contributed by atoms with Crippen LogP contribution < -0.4 is 11.1 Å². The molecular weight excluding hydrogens is 727 g/mol. The summed E-state index contributed by atoms with van der Waals surface area (Å²) in [6, 6.07) is 8.51. The highest BCUT2D eigenvalue weighted by molar-refractivity contribution is 6.09. The minimum Gasteiger partial charge on any atom is -0.382 e. The summed E-state index contributed by atoms with van der Waals surface area (Å²) in [5.74, 6) is 2.00. The summed E-state index contributed by atoms with van der Waals surface area (Å²) >= 11 is 0. The van der Waals surface area contributed by atoms with Gasteiger partial charge in [0, 0.05) is 74.6 Å². The predicted octanol–water partition coefficient (Wildman–Crippen LogP) is 4.60. The summed E-state index contributed by atoms with van der Waals surface area (Å²) < 4.78 is 33.8. The molecule has 0 bridgehead atoms. The number of ether oxygens (including phenoxy) is 6. The second kappa shape index (κ2) is 24.9. The average Bonchev–Trinajstić information content (AvgIpc) is 3.67. The zero-order valence-corrected chi connectivity index (χ0v) is 34.3. The lowest BCUT2D eigenvalue weighted by atomic mass is 10.1. The zero-order valence-electron chi connectivity index (χ0n) is 34.3. The topological polar surface area (TPSA) is 159 Å². The Morgan fingerprint density at radius 3 is 1.79 bits per heavy atom. The number of hydrogen-bond acceptors (Lipinski definition) is 12. The van der Waals surface area contributed by atoms with Gasteiger partial charge in [-0.3, -0.25) is 14.8 Å². The van der Waals surface area contributed by atoms with Crippen molar-refractivity contribution in [3.8, 4) is 0 Å². The number of H-pyrrole nitrogens is 1. The molecule has 3 aromatic rings. The number of nitrogens with zero attached hydrogens (tertiary/aromatic N) is 4. The van der Waals surface area contributed by atoms with Gasteiger partial charge in [0.1, 0.15) is 5.52 Å². The second-order valence-corrected chi connectivity index (χ2v) is 15.8. The van der Waals surface area contributed by atoms with Crippen LogP contribution in [0.25, 0.3) is 21.8 Å². The first-order valence-corrected chi connectivity index (χ1v) is 21.9. The van der Waals surface area contributed by atoms with Crippen LogP contribution in [0.1, 0.15) is 69.9 Å². The zero-order chi connectivity index (χ0) is 39.3. The molecule has 2 saturated carbocycles. The van der Waals surface area contributed by atoms with Crippen LogP contribution in [0.3, 0.4) is 0 Å². The molecule has 2 aromatic heterocycles. The monoisotopic (exact) mass is 796 g/mol. The van der Waals surface area contributed by atoms with Gasteiger partial charge in [-0.05, 0) is 30.7 Å². The summed E-state index contributed by atoms with van der Waals surface area (Å²) in [5.41, 5.74) is 8.98. The fourth-order valence-electron chi connectivity index (χ4n) is 8.41. The van der Waals surface area contributed by atoms with E-state index in [9.17, 15) is 4.79 Å². The van der Waals surface area contributed by atoms with Gasteiger partial charge in [-0.25, -0.2) is 4.98 Å². The van der Waals surface area contributed by atoms with Crippen molar-refractivity contribution < 1.29 is 33.2 Å². The third-order valence-electron chi connectivity index (χ3n) is 11.8. The number of nitrogens with one attached hydrogen (secondary N) is 2. The minimum atomic E-state index is 0.122. The highest BCUT2D eigenvalue weighted by Crippen LogP contribution is 2.46. The molecule has 3 heterocycles. The van der Waals surface area contributed by atoms with Gasteiger partial charge in [-0.1, -0.05) is 63.1 Å². The molecule has 2 unspecified atom stereocenters. The molecule has 318 valence electrons. The number of rotatable bonds is 25. The number of para-hydroxylation sites is 1. The molecule has 57 heavy (non-hydrogen) atoms. The van der Waals surface area contributed by atoms with E-state index in [1.54, 1.807) is 0 Å². The number of piperazine rings is 1. The Bertz CT molecular complexity index is 1570. The van der Waals surface area contributed by atoms with Gasteiger partial charge in [-0.2, -0.15) is 5.10 Å². The van der Waals surface area contributed by atoms with Crippen molar-refractivity contribution in [2.75, 3.05) is 124 Å². The third kappa shape index (κ3) is 14.7. The van der Waals surface area contributed by atoms with E-state index in [1.807, 2.05) is 18.2 Å². The van der Waals surface area contributed by atoms with Gasteiger partial charge in [0.05, 0.1) is 84.8 Å². The van der Waals surface area contributed by atoms with Gasteiger partial charge >= 0.3 is 0 Å². The normalized spacial score (nSPS) is 21.1. The first-order chi connectivity index (χ1) is 28.2. The van der Waals surface area contributed by atoms with E-state index >= 15 is 0 Å². The molecule has 3 fully saturated rings. The molecule has 1 amide bonds. The number of pyridine rings is 1. The summed E-state index contributed by atoms with van der Waals surface area (Å²) in [7, 11) is 0. The Hall–Kier alpha value is -2.95. The Morgan fingerprint density at radius 2 is 1.19 bits per heavy atom. The first-order valence-electron chi connectivity index (χ1n) is 21.9. The number of carbonyl (C=O) groups is 1. The molecule has 4 N–H and O–H groups in total. The van der Waals surface area contributed by atoms with Crippen LogP contribution in [0.15, 0.2) is 24.3 Å². The third-order valence-corrected chi connectivity index (χ3v) is 11.8. The Balaban J connectivity index is 0.660. The summed E-state index contributed by atoms with van der Waals surface area (Å²) in [6.07, 6.45) is 13.3. The number of nitrogens with two attached hydrogens (primary N) is 1. The van der Waals surface area contributed by atoms with Crippen molar-refractivity contribution in [2.24, 2.45) is 11.8 Å². The number of amides is 1. The number of anilines is 1. The molecule has 6 rings (SSSR count). The SMILES string of the molecule is Nc1nc2ccccc2c2c(CCN3CCN(CCOCCOCCOCCOCCOCCOCCC(=O)NC4C5CCCCCCCCCC54)CC3)[nH]nc12. The number of aromatic nitrogens is 3. The molecule has 3 aliphatic rings. The maximum absolute atomic E-state index is 12.4. The van der Waals surface area contributed by atoms with Crippen LogP contribution in [0.2, 0.25) is 0 Å². The van der Waals surface area contributed by atoms with Gasteiger partial charge in [-0.15, -0.1) is 0 Å². The molecular formula is C43H69N7O7. The van der Waals surface area contributed by atoms with Crippen LogP contribution in [-0.2, 0) is 39.6 Å². The molecule has 0 spiro atoms. The smallest absolute Gasteiger partial charge is 0.222 e. The van der Waals surface area contributed by atoms with Crippen LogP contribution in [0.5, 0.6) is 0 Å². The van der Waals surface area contributed by atoms with E-state index in [0.29, 0.717) is 109 Å². The van der Waals surface area contributed by atoms with E-state index in [0.717, 1.165) is 73.2 Å². The van der Waals surface area contributed by atoms with Gasteiger partial charge in [0.25, 0.3) is 0 Å². The van der Waals surface area contributed by atoms with E-state index in [1.165, 1.54) is 57.8 Å². The Kier molecular flexibility index (Phi) is 19.0. The van der Waals surface area contributed by atoms with Crippen LogP contribution in [-0.4, -0.2) is 155 Å². The molecule has 14 heteroatoms. The maximum Gasteiger partial charge on any atom is 0.222 e.